The van der Waals surface area contributed by atoms with Crippen LogP contribution in [0.2, 0.25) is 0 Å². The first-order valence-corrected chi connectivity index (χ1v) is 8.33. The van der Waals surface area contributed by atoms with Gasteiger partial charge in [-0.15, -0.1) is 0 Å². The maximum Gasteiger partial charge on any atom is 0.272 e. The monoisotopic (exact) mass is 361 g/mol. The Kier molecular flexibility index (Phi) is 3.89. The van der Waals surface area contributed by atoms with Gasteiger partial charge in [0.2, 0.25) is 11.9 Å². The Hall–Kier alpha value is -2.91. The molecule has 0 unspecified atom stereocenters. The molecule has 0 aliphatic heterocycles. The van der Waals surface area contributed by atoms with E-state index in [1.165, 1.54) is 6.33 Å². The van der Waals surface area contributed by atoms with E-state index < -0.39 is 11.8 Å². The van der Waals surface area contributed by atoms with Crippen molar-refractivity contribution in [2.45, 2.75) is 44.6 Å². The van der Waals surface area contributed by atoms with Crippen LogP contribution in [0.5, 0.6) is 0 Å². The molecule has 0 radical (unpaired) electrons. The van der Waals surface area contributed by atoms with Gasteiger partial charge in [0.15, 0.2) is 11.3 Å². The number of H-pyrrole nitrogens is 1. The Labute approximate surface area is 147 Å². The predicted octanol–water partition coefficient (Wildman–Crippen LogP) is 2.15. The summed E-state index contributed by atoms with van der Waals surface area (Å²) >= 11 is 0. The number of aromatic nitrogens is 6. The van der Waals surface area contributed by atoms with Gasteiger partial charge in [-0.05, 0) is 19.8 Å². The molecule has 0 atom stereocenters. The minimum absolute atomic E-state index is 0.136. The van der Waals surface area contributed by atoms with E-state index in [2.05, 4.69) is 30.2 Å². The summed E-state index contributed by atoms with van der Waals surface area (Å²) in [6.07, 6.45) is 4.79. The molecule has 0 spiro atoms. The van der Waals surface area contributed by atoms with Crippen molar-refractivity contribution in [3.05, 3.63) is 30.2 Å². The van der Waals surface area contributed by atoms with Crippen LogP contribution in [0.25, 0.3) is 17.1 Å². The summed E-state index contributed by atoms with van der Waals surface area (Å²) in [5.41, 5.74) is 0.920. The molecule has 26 heavy (non-hydrogen) atoms. The van der Waals surface area contributed by atoms with Crippen molar-refractivity contribution in [1.82, 2.24) is 34.8 Å². The number of hydrogen-bond acceptors (Lipinski definition) is 5. The molecule has 3 heterocycles. The van der Waals surface area contributed by atoms with E-state index in [9.17, 15) is 13.6 Å². The first kappa shape index (κ1) is 16.6. The van der Waals surface area contributed by atoms with E-state index in [1.54, 1.807) is 23.9 Å². The highest BCUT2D eigenvalue weighted by Gasteiger charge is 2.35. The number of carbonyl (C=O) groups excluding carboxylic acids is 1. The summed E-state index contributed by atoms with van der Waals surface area (Å²) in [5, 5.41) is 2.81. The van der Waals surface area contributed by atoms with Crippen molar-refractivity contribution in [2.24, 2.45) is 0 Å². The van der Waals surface area contributed by atoms with Crippen LogP contribution in [0.15, 0.2) is 18.7 Å². The lowest BCUT2D eigenvalue weighted by Gasteiger charge is -2.28. The van der Waals surface area contributed by atoms with Gasteiger partial charge in [-0.2, -0.15) is 4.98 Å². The summed E-state index contributed by atoms with van der Waals surface area (Å²) in [6.45, 7) is 1.75. The normalized spacial score (nSPS) is 17.5. The highest BCUT2D eigenvalue weighted by Crippen LogP contribution is 2.33. The number of nitrogens with one attached hydrogen (secondary N) is 2. The van der Waals surface area contributed by atoms with Crippen LogP contribution in [0, 0.1) is 6.92 Å². The molecule has 2 N–H and O–H groups in total. The Bertz CT molecular complexity index is 941. The maximum atomic E-state index is 13.3. The third kappa shape index (κ3) is 3.14. The van der Waals surface area contributed by atoms with Crippen molar-refractivity contribution in [3.8, 4) is 5.95 Å². The van der Waals surface area contributed by atoms with E-state index in [0.717, 1.165) is 0 Å². The molecule has 1 amide bonds. The third-order valence-corrected chi connectivity index (χ3v) is 4.46. The first-order valence-electron chi connectivity index (χ1n) is 8.33. The fraction of sp³-hybridized carbons (Fsp3) is 0.438. The van der Waals surface area contributed by atoms with Crippen molar-refractivity contribution in [1.29, 1.82) is 0 Å². The van der Waals surface area contributed by atoms with Crippen LogP contribution in [-0.2, 0) is 0 Å². The lowest BCUT2D eigenvalue weighted by Crippen LogP contribution is -2.40. The Morgan fingerprint density at radius 2 is 2.08 bits per heavy atom. The van der Waals surface area contributed by atoms with Gasteiger partial charge in [0.25, 0.3) is 5.91 Å². The molecule has 3 aromatic rings. The van der Waals surface area contributed by atoms with E-state index in [0.29, 0.717) is 17.0 Å². The minimum Gasteiger partial charge on any atom is -0.348 e. The summed E-state index contributed by atoms with van der Waals surface area (Å²) in [4.78, 5) is 32.6. The summed E-state index contributed by atoms with van der Waals surface area (Å²) in [5.74, 6) is -2.21. The van der Waals surface area contributed by atoms with Crippen LogP contribution in [0.3, 0.4) is 0 Å². The molecule has 0 bridgehead atoms. The third-order valence-electron chi connectivity index (χ3n) is 4.46. The van der Waals surface area contributed by atoms with Gasteiger partial charge in [-0.1, -0.05) is 0 Å². The number of fused-ring (bicyclic) bond motifs is 1. The van der Waals surface area contributed by atoms with Gasteiger partial charge in [0.1, 0.15) is 17.7 Å². The number of imidazole rings is 2. The van der Waals surface area contributed by atoms with E-state index >= 15 is 0 Å². The van der Waals surface area contributed by atoms with Crippen LogP contribution in [-0.4, -0.2) is 47.4 Å². The minimum atomic E-state index is -2.64. The highest BCUT2D eigenvalue weighted by molar-refractivity contribution is 6.02. The summed E-state index contributed by atoms with van der Waals surface area (Å²) in [7, 11) is 0. The number of aryl methyl sites for hydroxylation is 1. The molecular weight excluding hydrogens is 344 g/mol. The zero-order valence-electron chi connectivity index (χ0n) is 14.0. The average molecular weight is 361 g/mol. The maximum absolute atomic E-state index is 13.3. The second-order valence-corrected chi connectivity index (χ2v) is 6.47. The largest absolute Gasteiger partial charge is 0.348 e. The Balaban J connectivity index is 1.65. The zero-order chi connectivity index (χ0) is 18.3. The Morgan fingerprint density at radius 1 is 1.31 bits per heavy atom. The van der Waals surface area contributed by atoms with Crippen LogP contribution in [0.1, 0.15) is 42.0 Å². The molecule has 1 aliphatic carbocycles. The van der Waals surface area contributed by atoms with Gasteiger partial charge in [-0.3, -0.25) is 9.36 Å². The van der Waals surface area contributed by atoms with Gasteiger partial charge >= 0.3 is 0 Å². The number of nitrogens with zero attached hydrogens (tertiary/aromatic N) is 5. The van der Waals surface area contributed by atoms with Gasteiger partial charge in [0.05, 0.1) is 0 Å². The van der Waals surface area contributed by atoms with Crippen molar-refractivity contribution >= 4 is 17.1 Å². The molecule has 1 fully saturated rings. The Morgan fingerprint density at radius 3 is 2.77 bits per heavy atom. The fourth-order valence-corrected chi connectivity index (χ4v) is 3.10. The summed E-state index contributed by atoms with van der Waals surface area (Å²) < 4.78 is 28.2. The van der Waals surface area contributed by atoms with Crippen LogP contribution < -0.4 is 5.32 Å². The molecule has 3 aromatic heterocycles. The predicted molar refractivity (Wildman–Crippen MR) is 88.2 cm³/mol. The highest BCUT2D eigenvalue weighted by atomic mass is 19.3. The number of rotatable bonds is 3. The van der Waals surface area contributed by atoms with Crippen molar-refractivity contribution in [2.75, 3.05) is 0 Å². The van der Waals surface area contributed by atoms with Gasteiger partial charge in [0, 0.05) is 31.3 Å². The van der Waals surface area contributed by atoms with Gasteiger partial charge in [-0.25, -0.2) is 23.7 Å². The second-order valence-electron chi connectivity index (χ2n) is 6.47. The van der Waals surface area contributed by atoms with Gasteiger partial charge < -0.3 is 10.3 Å². The average Bonchev–Trinajstić information content (AvgIpc) is 3.24. The number of hydrogen-bond donors (Lipinski definition) is 2. The topological polar surface area (TPSA) is 101 Å². The lowest BCUT2D eigenvalue weighted by atomic mass is 9.92. The van der Waals surface area contributed by atoms with E-state index in [1.807, 2.05) is 0 Å². The molecule has 136 valence electrons. The number of halogens is 2. The standard InChI is InChI=1S/C16H17F2N7O/c1-9-20-11-12(14(26)22-10-2-4-16(17,18)5-3-10)23-15(24-13(11)21-9)25-7-6-19-8-25/h6-8,10H,2-5H2,1H3,(H,22,26)(H,20,21,23,24). The molecule has 1 saturated carbocycles. The lowest BCUT2D eigenvalue weighted by molar-refractivity contribution is -0.0399. The first-order chi connectivity index (χ1) is 12.4. The number of aromatic amines is 1. The van der Waals surface area contributed by atoms with Crippen LogP contribution in [0.4, 0.5) is 8.78 Å². The molecule has 0 saturated heterocycles. The quantitative estimate of drug-likeness (QED) is 0.744. The molecular formula is C16H17F2N7O. The number of alkyl halides is 2. The molecule has 0 aromatic carbocycles. The SMILES string of the molecule is Cc1nc2nc(-n3ccnc3)nc(C(=O)NC3CCC(F)(F)CC3)c2[nH]1. The molecule has 1 aliphatic rings. The molecule has 8 nitrogen and oxygen atoms in total. The smallest absolute Gasteiger partial charge is 0.272 e. The van der Waals surface area contributed by atoms with Crippen molar-refractivity contribution < 1.29 is 13.6 Å². The number of carbonyl (C=O) groups is 1. The number of amides is 1. The van der Waals surface area contributed by atoms with Crippen molar-refractivity contribution in [3.63, 3.8) is 0 Å². The molecule has 10 heteroatoms. The molecule has 4 rings (SSSR count). The van der Waals surface area contributed by atoms with E-state index in [-0.39, 0.29) is 43.4 Å². The zero-order valence-corrected chi connectivity index (χ0v) is 14.0. The van der Waals surface area contributed by atoms with E-state index in [4.69, 9.17) is 0 Å². The fourth-order valence-electron chi connectivity index (χ4n) is 3.10. The summed E-state index contributed by atoms with van der Waals surface area (Å²) in [6, 6.07) is -0.298. The second kappa shape index (κ2) is 6.11. The van der Waals surface area contributed by atoms with Crippen LogP contribution >= 0.6 is 0 Å².